The lowest BCUT2D eigenvalue weighted by Gasteiger charge is -2.05. The van der Waals surface area contributed by atoms with Crippen molar-refractivity contribution in [2.45, 2.75) is 33.4 Å². The van der Waals surface area contributed by atoms with Gasteiger partial charge >= 0.3 is 0 Å². The van der Waals surface area contributed by atoms with Crippen LogP contribution in [-0.4, -0.2) is 25.2 Å². The van der Waals surface area contributed by atoms with Crippen molar-refractivity contribution in [3.05, 3.63) is 66.2 Å². The molecule has 0 aliphatic rings. The van der Waals surface area contributed by atoms with Crippen LogP contribution in [0.2, 0.25) is 0 Å². The Morgan fingerprint density at radius 3 is 2.81 bits per heavy atom. The van der Waals surface area contributed by atoms with Gasteiger partial charge in [0.25, 0.3) is 0 Å². The molecule has 5 rings (SSSR count). The third kappa shape index (κ3) is 3.68. The van der Waals surface area contributed by atoms with Crippen LogP contribution in [0.15, 0.2) is 63.6 Å². The number of aryl methyl sites for hydroxylation is 2. The zero-order valence-corrected chi connectivity index (χ0v) is 17.3. The Bertz CT molecular complexity index is 1320. The molecule has 3 aromatic heterocycles. The number of furan rings is 1. The van der Waals surface area contributed by atoms with Crippen LogP contribution in [0.1, 0.15) is 24.8 Å². The molecule has 8 heteroatoms. The van der Waals surface area contributed by atoms with Gasteiger partial charge in [0, 0.05) is 22.9 Å². The highest BCUT2D eigenvalue weighted by molar-refractivity contribution is 5.93. The summed E-state index contributed by atoms with van der Waals surface area (Å²) in [6, 6.07) is 15.6. The molecule has 156 valence electrons. The van der Waals surface area contributed by atoms with E-state index in [-0.39, 0.29) is 0 Å². The smallest absolute Gasteiger partial charge is 0.226 e. The molecule has 31 heavy (non-hydrogen) atoms. The minimum absolute atomic E-state index is 0.300. The van der Waals surface area contributed by atoms with E-state index in [1.165, 1.54) is 0 Å². The van der Waals surface area contributed by atoms with Gasteiger partial charge in [-0.25, -0.2) is 9.67 Å². The number of tetrazole rings is 1. The largest absolute Gasteiger partial charge is 0.487 e. The number of rotatable bonds is 7. The van der Waals surface area contributed by atoms with Crippen LogP contribution in [0.25, 0.3) is 33.8 Å². The summed E-state index contributed by atoms with van der Waals surface area (Å²) in [4.78, 5) is 4.60. The van der Waals surface area contributed by atoms with Gasteiger partial charge in [-0.2, -0.15) is 0 Å². The Balaban J connectivity index is 1.39. The Morgan fingerprint density at radius 2 is 1.97 bits per heavy atom. The van der Waals surface area contributed by atoms with Gasteiger partial charge in [-0.3, -0.25) is 0 Å². The third-order valence-electron chi connectivity index (χ3n) is 5.03. The van der Waals surface area contributed by atoms with Crippen LogP contribution in [0.5, 0.6) is 5.75 Å². The number of aromatic nitrogens is 5. The molecule has 8 nitrogen and oxygen atoms in total. The van der Waals surface area contributed by atoms with Crippen LogP contribution < -0.4 is 4.74 Å². The number of fused-ring (bicyclic) bond motifs is 1. The molecule has 0 saturated heterocycles. The van der Waals surface area contributed by atoms with E-state index in [2.05, 4.69) is 27.4 Å². The summed E-state index contributed by atoms with van der Waals surface area (Å²) < 4.78 is 19.4. The molecule has 0 N–H and O–H groups in total. The first-order valence-electron chi connectivity index (χ1n) is 10.1. The van der Waals surface area contributed by atoms with Crippen molar-refractivity contribution in [1.82, 2.24) is 25.2 Å². The molecule has 2 aromatic carbocycles. The van der Waals surface area contributed by atoms with Crippen LogP contribution >= 0.6 is 0 Å². The molecular weight excluding hydrogens is 394 g/mol. The summed E-state index contributed by atoms with van der Waals surface area (Å²) in [6.45, 7) is 4.99. The molecule has 0 aliphatic heterocycles. The Morgan fingerprint density at radius 1 is 1.10 bits per heavy atom. The number of benzene rings is 2. The fraction of sp³-hybridized carbons (Fsp3) is 0.217. The number of oxazole rings is 1. The molecule has 0 unspecified atom stereocenters. The predicted molar refractivity (Wildman–Crippen MR) is 114 cm³/mol. The zero-order chi connectivity index (χ0) is 21.2. The zero-order valence-electron chi connectivity index (χ0n) is 17.3. The average molecular weight is 415 g/mol. The molecule has 0 spiro atoms. The normalized spacial score (nSPS) is 11.3. The average Bonchev–Trinajstić information content (AvgIpc) is 3.51. The number of ether oxygens (including phenoxy) is 1. The summed E-state index contributed by atoms with van der Waals surface area (Å²) in [5, 5.41) is 13.8. The molecule has 0 radical (unpaired) electrons. The van der Waals surface area contributed by atoms with Gasteiger partial charge in [0.2, 0.25) is 11.7 Å². The van der Waals surface area contributed by atoms with Crippen LogP contribution in [0.4, 0.5) is 0 Å². The molecule has 0 fully saturated rings. The Hall–Kier alpha value is -3.94. The van der Waals surface area contributed by atoms with E-state index in [4.69, 9.17) is 13.6 Å². The van der Waals surface area contributed by atoms with Gasteiger partial charge in [-0.15, -0.1) is 5.10 Å². The second-order valence-electron chi connectivity index (χ2n) is 7.22. The lowest BCUT2D eigenvalue weighted by molar-refractivity contribution is 0.300. The van der Waals surface area contributed by atoms with Crippen LogP contribution in [0, 0.1) is 6.92 Å². The van der Waals surface area contributed by atoms with Crippen LogP contribution in [0.3, 0.4) is 0 Å². The Kier molecular flexibility index (Phi) is 4.95. The summed E-state index contributed by atoms with van der Waals surface area (Å²) in [6.07, 6.45) is 2.63. The minimum Gasteiger partial charge on any atom is -0.487 e. The fourth-order valence-electron chi connectivity index (χ4n) is 3.43. The Labute approximate surface area is 178 Å². The maximum absolute atomic E-state index is 6.03. The number of hydrogen-bond donors (Lipinski definition) is 0. The highest BCUT2D eigenvalue weighted by Gasteiger charge is 2.17. The van der Waals surface area contributed by atoms with E-state index in [0.717, 1.165) is 40.8 Å². The SMILES string of the molecule is CCCn1nnnc1-c1occ2ccc(OCc3nc(-c4ccccc4)oc3C)cc12. The van der Waals surface area contributed by atoms with Crippen molar-refractivity contribution in [2.75, 3.05) is 0 Å². The van der Waals surface area contributed by atoms with Crippen molar-refractivity contribution in [1.29, 1.82) is 0 Å². The first-order chi connectivity index (χ1) is 15.2. The number of nitrogens with zero attached hydrogens (tertiary/aromatic N) is 5. The van der Waals surface area contributed by atoms with Gasteiger partial charge in [0.05, 0.1) is 6.26 Å². The molecule has 5 aromatic rings. The van der Waals surface area contributed by atoms with E-state index >= 15 is 0 Å². The predicted octanol–water partition coefficient (Wildman–Crippen LogP) is 5.04. The van der Waals surface area contributed by atoms with Crippen molar-refractivity contribution in [2.24, 2.45) is 0 Å². The molecule has 0 aliphatic carbocycles. The van der Waals surface area contributed by atoms with E-state index in [1.54, 1.807) is 10.9 Å². The van der Waals surface area contributed by atoms with E-state index in [9.17, 15) is 0 Å². The monoisotopic (exact) mass is 415 g/mol. The minimum atomic E-state index is 0.300. The van der Waals surface area contributed by atoms with Crippen LogP contribution in [-0.2, 0) is 13.2 Å². The van der Waals surface area contributed by atoms with Gasteiger partial charge in [-0.1, -0.05) is 25.1 Å². The summed E-state index contributed by atoms with van der Waals surface area (Å²) >= 11 is 0. The molecule has 0 bridgehead atoms. The van der Waals surface area contributed by atoms with E-state index in [0.29, 0.717) is 29.8 Å². The first-order valence-corrected chi connectivity index (χ1v) is 10.1. The molecule has 3 heterocycles. The number of hydrogen-bond acceptors (Lipinski definition) is 7. The van der Waals surface area contributed by atoms with Gasteiger partial charge in [-0.05, 0) is 54.1 Å². The summed E-state index contributed by atoms with van der Waals surface area (Å²) in [7, 11) is 0. The van der Waals surface area contributed by atoms with Crippen molar-refractivity contribution in [3.63, 3.8) is 0 Å². The topological polar surface area (TPSA) is 92.0 Å². The third-order valence-corrected chi connectivity index (χ3v) is 5.03. The summed E-state index contributed by atoms with van der Waals surface area (Å²) in [5.74, 6) is 3.26. The maximum atomic E-state index is 6.03. The van der Waals surface area contributed by atoms with Crippen molar-refractivity contribution in [3.8, 4) is 28.8 Å². The first kappa shape index (κ1) is 19.0. The molecule has 0 saturated carbocycles. The summed E-state index contributed by atoms with van der Waals surface area (Å²) in [5.41, 5.74) is 1.70. The lowest BCUT2D eigenvalue weighted by Crippen LogP contribution is -2.01. The fourth-order valence-corrected chi connectivity index (χ4v) is 3.43. The highest BCUT2D eigenvalue weighted by atomic mass is 16.5. The van der Waals surface area contributed by atoms with Gasteiger partial charge < -0.3 is 13.6 Å². The van der Waals surface area contributed by atoms with Gasteiger partial charge in [0.1, 0.15) is 23.8 Å². The molecular formula is C23H21N5O3. The maximum Gasteiger partial charge on any atom is 0.226 e. The van der Waals surface area contributed by atoms with Crippen molar-refractivity contribution < 1.29 is 13.6 Å². The van der Waals surface area contributed by atoms with Crippen molar-refractivity contribution >= 4 is 10.8 Å². The van der Waals surface area contributed by atoms with E-state index in [1.807, 2.05) is 55.5 Å². The second kappa shape index (κ2) is 8.06. The molecule has 0 atom stereocenters. The standard InChI is InChI=1S/C23H21N5O3/c1-3-11-28-22(25-26-27-28)21-19-12-18(10-9-17(19)13-30-21)29-14-20-15(2)31-23(24-20)16-7-5-4-6-8-16/h4-10,12-13H,3,11,14H2,1-2H3. The molecule has 0 amide bonds. The highest BCUT2D eigenvalue weighted by Crippen LogP contribution is 2.32. The quantitative estimate of drug-likeness (QED) is 0.368. The van der Waals surface area contributed by atoms with E-state index < -0.39 is 0 Å². The lowest BCUT2D eigenvalue weighted by atomic mass is 10.1. The van der Waals surface area contributed by atoms with Gasteiger partial charge in [0.15, 0.2) is 5.76 Å². The second-order valence-corrected chi connectivity index (χ2v) is 7.22.